The van der Waals surface area contributed by atoms with Crippen LogP contribution in [0.5, 0.6) is 0 Å². The van der Waals surface area contributed by atoms with Crippen LogP contribution in [0.4, 0.5) is 13.2 Å². The Morgan fingerprint density at radius 3 is 2.37 bits per heavy atom. The normalized spacial score (nSPS) is 13.4. The van der Waals surface area contributed by atoms with Crippen molar-refractivity contribution in [1.82, 2.24) is 14.9 Å². The summed E-state index contributed by atoms with van der Waals surface area (Å²) in [6.07, 6.45) is -3.34. The monoisotopic (exact) mass is 439 g/mol. The summed E-state index contributed by atoms with van der Waals surface area (Å²) in [6.45, 7) is 1.49. The number of benzene rings is 2. The van der Waals surface area contributed by atoms with Crippen LogP contribution in [0.3, 0.4) is 0 Å². The van der Waals surface area contributed by atoms with E-state index >= 15 is 0 Å². The highest BCUT2D eigenvalue weighted by molar-refractivity contribution is 7.89. The van der Waals surface area contributed by atoms with Crippen LogP contribution in [-0.4, -0.2) is 30.1 Å². The number of nitrogens with one attached hydrogen (secondary N) is 1. The van der Waals surface area contributed by atoms with Crippen molar-refractivity contribution in [3.63, 3.8) is 0 Å². The van der Waals surface area contributed by atoms with Gasteiger partial charge in [-0.1, -0.05) is 24.3 Å². The lowest BCUT2D eigenvalue weighted by atomic mass is 10.1. The summed E-state index contributed by atoms with van der Waals surface area (Å²) in [5, 5.41) is 2.73. The fraction of sp³-hybridized carbons (Fsp3) is 0.300. The summed E-state index contributed by atoms with van der Waals surface area (Å²) in [4.78, 5) is 16.9. The average Bonchev–Trinajstić information content (AvgIpc) is 2.96. The maximum Gasteiger partial charge on any atom is 0.416 e. The molecule has 6 nitrogen and oxygen atoms in total. The van der Waals surface area contributed by atoms with E-state index in [0.717, 1.165) is 18.4 Å². The van der Waals surface area contributed by atoms with E-state index in [1.807, 2.05) is 0 Å². The van der Waals surface area contributed by atoms with E-state index < -0.39 is 33.5 Å². The Morgan fingerprint density at radius 2 is 1.77 bits per heavy atom. The first-order valence-electron chi connectivity index (χ1n) is 9.02. The van der Waals surface area contributed by atoms with Gasteiger partial charge in [-0.3, -0.25) is 4.79 Å². The van der Waals surface area contributed by atoms with E-state index in [4.69, 9.17) is 0 Å². The van der Waals surface area contributed by atoms with Crippen molar-refractivity contribution in [1.29, 1.82) is 0 Å². The molecular formula is C20H20F3N3O3S. The third kappa shape index (κ3) is 5.18. The van der Waals surface area contributed by atoms with E-state index in [-0.39, 0.29) is 18.1 Å². The van der Waals surface area contributed by atoms with Gasteiger partial charge in [-0.25, -0.2) is 13.4 Å². The van der Waals surface area contributed by atoms with Crippen LogP contribution in [0, 0.1) is 0 Å². The Hall–Kier alpha value is -2.88. The van der Waals surface area contributed by atoms with Crippen molar-refractivity contribution in [2.24, 2.45) is 0 Å². The van der Waals surface area contributed by atoms with Gasteiger partial charge in [0.2, 0.25) is 5.91 Å². The molecular weight excluding hydrogens is 419 g/mol. The van der Waals surface area contributed by atoms with Gasteiger partial charge in [0.25, 0.3) is 0 Å². The molecule has 10 heteroatoms. The Kier molecular flexibility index (Phi) is 5.89. The van der Waals surface area contributed by atoms with E-state index in [0.29, 0.717) is 16.6 Å². The minimum Gasteiger partial charge on any atom is -0.348 e. The number of fused-ring (bicyclic) bond motifs is 1. The Bertz CT molecular complexity index is 1170. The number of hydrogen-bond donors (Lipinski definition) is 1. The lowest BCUT2D eigenvalue weighted by molar-refractivity contribution is -0.137. The molecule has 0 spiro atoms. The summed E-state index contributed by atoms with van der Waals surface area (Å²) in [7, 11) is -3.37. The van der Waals surface area contributed by atoms with Crippen LogP contribution in [-0.2, 0) is 33.1 Å². The summed E-state index contributed by atoms with van der Waals surface area (Å²) >= 11 is 0. The lowest BCUT2D eigenvalue weighted by Gasteiger charge is -2.16. The molecule has 1 heterocycles. The maximum absolute atomic E-state index is 12.7. The van der Waals surface area contributed by atoms with Crippen LogP contribution in [0.25, 0.3) is 11.0 Å². The molecule has 0 aliphatic carbocycles. The molecule has 0 saturated carbocycles. The number of carbonyl (C=O) groups is 1. The summed E-state index contributed by atoms with van der Waals surface area (Å²) in [5.74, 6) is -0.486. The largest absolute Gasteiger partial charge is 0.416 e. The topological polar surface area (TPSA) is 81.1 Å². The third-order valence-corrected chi connectivity index (χ3v) is 5.32. The minimum atomic E-state index is -4.43. The first kappa shape index (κ1) is 21.8. The molecule has 0 aliphatic rings. The standard InChI is InChI=1S/C20H20F3N3O3S/c1-13(14-7-9-15(10-8-14)20(21,22)23)24-19(27)11-26-17-6-4-3-5-16(17)25-18(26)12-30(2,28)29/h3-10,13H,11-12H2,1-2H3,(H,24,27)/t13-/m0/s1. The predicted octanol–water partition coefficient (Wildman–Crippen LogP) is 3.48. The molecule has 3 aromatic rings. The van der Waals surface area contributed by atoms with Gasteiger partial charge in [-0.15, -0.1) is 0 Å². The molecule has 0 radical (unpaired) electrons. The highest BCUT2D eigenvalue weighted by Gasteiger charge is 2.30. The highest BCUT2D eigenvalue weighted by atomic mass is 32.2. The number of para-hydroxylation sites is 2. The summed E-state index contributed by atoms with van der Waals surface area (Å²) < 4.78 is 63.1. The second-order valence-corrected chi connectivity index (χ2v) is 9.22. The fourth-order valence-corrected chi connectivity index (χ4v) is 3.81. The van der Waals surface area contributed by atoms with E-state index in [1.54, 1.807) is 31.2 Å². The van der Waals surface area contributed by atoms with E-state index in [9.17, 15) is 26.4 Å². The SMILES string of the molecule is C[C@H](NC(=O)Cn1c(CS(C)(=O)=O)nc2ccccc21)c1ccc(C(F)(F)F)cc1. The van der Waals surface area contributed by atoms with E-state index in [2.05, 4.69) is 10.3 Å². The second kappa shape index (κ2) is 8.10. The zero-order valence-corrected chi connectivity index (χ0v) is 17.1. The van der Waals surface area contributed by atoms with Crippen molar-refractivity contribution in [2.75, 3.05) is 6.26 Å². The van der Waals surface area contributed by atoms with Gasteiger partial charge < -0.3 is 9.88 Å². The van der Waals surface area contributed by atoms with Crippen LogP contribution in [0.1, 0.15) is 29.9 Å². The third-order valence-electron chi connectivity index (χ3n) is 4.54. The average molecular weight is 439 g/mol. The van der Waals surface area contributed by atoms with Crippen molar-refractivity contribution >= 4 is 26.8 Å². The van der Waals surface area contributed by atoms with Crippen LogP contribution in [0.15, 0.2) is 48.5 Å². The number of alkyl halides is 3. The van der Waals surface area contributed by atoms with Crippen molar-refractivity contribution in [3.05, 3.63) is 65.5 Å². The summed E-state index contributed by atoms with van der Waals surface area (Å²) in [5.41, 5.74) is 0.941. The van der Waals surface area contributed by atoms with Crippen molar-refractivity contribution in [3.8, 4) is 0 Å². The predicted molar refractivity (Wildman–Crippen MR) is 106 cm³/mol. The Balaban J connectivity index is 1.79. The van der Waals surface area contributed by atoms with Gasteiger partial charge in [0.1, 0.15) is 18.1 Å². The van der Waals surface area contributed by atoms with Crippen LogP contribution < -0.4 is 5.32 Å². The van der Waals surface area contributed by atoms with Crippen LogP contribution in [0.2, 0.25) is 0 Å². The van der Waals surface area contributed by atoms with Gasteiger partial charge in [0, 0.05) is 6.26 Å². The quantitative estimate of drug-likeness (QED) is 0.638. The highest BCUT2D eigenvalue weighted by Crippen LogP contribution is 2.30. The molecule has 160 valence electrons. The number of hydrogen-bond acceptors (Lipinski definition) is 4. The van der Waals surface area contributed by atoms with Crippen molar-refractivity contribution in [2.45, 2.75) is 31.4 Å². The number of rotatable bonds is 6. The Morgan fingerprint density at radius 1 is 1.13 bits per heavy atom. The number of halogens is 3. The number of nitrogens with zero attached hydrogens (tertiary/aromatic N) is 2. The van der Waals surface area contributed by atoms with Crippen molar-refractivity contribution < 1.29 is 26.4 Å². The molecule has 0 saturated heterocycles. The molecule has 30 heavy (non-hydrogen) atoms. The zero-order valence-electron chi connectivity index (χ0n) is 16.3. The molecule has 0 fully saturated rings. The second-order valence-electron chi connectivity index (χ2n) is 7.08. The number of aromatic nitrogens is 2. The first-order chi connectivity index (χ1) is 13.9. The first-order valence-corrected chi connectivity index (χ1v) is 11.1. The Labute approximate surface area is 171 Å². The van der Waals surface area contributed by atoms with Gasteiger partial charge in [0.15, 0.2) is 9.84 Å². The van der Waals surface area contributed by atoms with Crippen LogP contribution >= 0.6 is 0 Å². The molecule has 3 rings (SSSR count). The number of imidazole rings is 1. The lowest BCUT2D eigenvalue weighted by Crippen LogP contribution is -2.30. The molecule has 0 aliphatic heterocycles. The molecule has 1 atom stereocenters. The van der Waals surface area contributed by atoms with Gasteiger partial charge in [-0.05, 0) is 36.8 Å². The molecule has 0 unspecified atom stereocenters. The maximum atomic E-state index is 12.7. The molecule has 0 bridgehead atoms. The van der Waals surface area contributed by atoms with Gasteiger partial charge in [-0.2, -0.15) is 13.2 Å². The number of sulfone groups is 1. The summed E-state index contributed by atoms with van der Waals surface area (Å²) in [6, 6.07) is 11.0. The van der Waals surface area contributed by atoms with E-state index in [1.165, 1.54) is 16.7 Å². The molecule has 2 aromatic carbocycles. The van der Waals surface area contributed by atoms with Gasteiger partial charge in [0.05, 0.1) is 22.6 Å². The van der Waals surface area contributed by atoms with Gasteiger partial charge >= 0.3 is 6.18 Å². The smallest absolute Gasteiger partial charge is 0.348 e. The zero-order chi connectivity index (χ0) is 22.1. The molecule has 1 aromatic heterocycles. The number of carbonyl (C=O) groups excluding carboxylic acids is 1. The fourth-order valence-electron chi connectivity index (χ4n) is 3.12. The minimum absolute atomic E-state index is 0.170. The number of amides is 1. The molecule has 1 N–H and O–H groups in total. The molecule has 1 amide bonds.